The highest BCUT2D eigenvalue weighted by Crippen LogP contribution is 2.58. The second-order valence-corrected chi connectivity index (χ2v) is 13.7. The molecule has 2 nitrogen and oxygen atoms in total. The molecule has 0 bridgehead atoms. The molecule has 6 aromatic carbocycles. The van der Waals surface area contributed by atoms with Crippen molar-refractivity contribution in [1.82, 2.24) is 4.57 Å². The molecule has 2 aliphatic rings. The van der Waals surface area contributed by atoms with Crippen LogP contribution in [-0.4, -0.2) is 4.57 Å². The van der Waals surface area contributed by atoms with Crippen LogP contribution in [0.2, 0.25) is 0 Å². The Hall–Kier alpha value is -5.08. The minimum Gasteiger partial charge on any atom is -0.454 e. The van der Waals surface area contributed by atoms with Crippen molar-refractivity contribution in [2.24, 2.45) is 0 Å². The number of furan rings is 1. The van der Waals surface area contributed by atoms with Crippen molar-refractivity contribution in [1.29, 1.82) is 0 Å². The zero-order chi connectivity index (χ0) is 29.5. The Balaban J connectivity index is 1.43. The Morgan fingerprint density at radius 1 is 0.545 bits per heavy atom. The van der Waals surface area contributed by atoms with Crippen molar-refractivity contribution >= 4 is 43.7 Å². The first kappa shape index (κ1) is 24.4. The lowest BCUT2D eigenvalue weighted by Gasteiger charge is -2.23. The van der Waals surface area contributed by atoms with E-state index < -0.39 is 0 Å². The smallest absolute Gasteiger partial charge is 0.160 e. The highest BCUT2D eigenvalue weighted by Gasteiger charge is 2.41. The van der Waals surface area contributed by atoms with Gasteiger partial charge in [0.2, 0.25) is 0 Å². The minimum atomic E-state index is -0.169. The lowest BCUT2D eigenvalue weighted by Crippen LogP contribution is -2.15. The SMILES string of the molecule is CC1(C)c2ccccc2-c2ccc(-n3c4ccccc4c4c5c(c6c7ccccc7oc6c43)C(C)(C)c3ccccc3-5)cc21. The molecule has 2 heteroatoms. The van der Waals surface area contributed by atoms with E-state index in [1.807, 2.05) is 0 Å². The van der Waals surface area contributed by atoms with Gasteiger partial charge in [0.15, 0.2) is 5.58 Å². The van der Waals surface area contributed by atoms with E-state index in [0.29, 0.717) is 0 Å². The highest BCUT2D eigenvalue weighted by atomic mass is 16.3. The van der Waals surface area contributed by atoms with E-state index in [1.54, 1.807) is 0 Å². The molecule has 0 radical (unpaired) electrons. The number of fused-ring (bicyclic) bond motifs is 15. The van der Waals surface area contributed by atoms with E-state index in [2.05, 4.69) is 148 Å². The zero-order valence-corrected chi connectivity index (χ0v) is 25.3. The first-order chi connectivity index (χ1) is 21.4. The van der Waals surface area contributed by atoms with Crippen LogP contribution in [-0.2, 0) is 10.8 Å². The second kappa shape index (κ2) is 7.89. The number of para-hydroxylation sites is 2. The third-order valence-corrected chi connectivity index (χ3v) is 10.8. The zero-order valence-electron chi connectivity index (χ0n) is 25.3. The standard InChI is InChI=1S/C42H31NO/c1-41(2)30-17-9-5-13-25(30)26-22-21-24(23-32(26)41)43-33-19-11-7-15-28(33)36-35-27-14-6-10-18-31(27)42(3,4)38(35)37-29-16-8-12-20-34(29)44-40(37)39(36)43/h5-23H,1-4H3. The Morgan fingerprint density at radius 2 is 1.18 bits per heavy atom. The molecule has 44 heavy (non-hydrogen) atoms. The molecule has 0 amide bonds. The van der Waals surface area contributed by atoms with Crippen molar-refractivity contribution in [2.45, 2.75) is 38.5 Å². The highest BCUT2D eigenvalue weighted by molar-refractivity contribution is 6.29. The fourth-order valence-corrected chi connectivity index (χ4v) is 8.79. The van der Waals surface area contributed by atoms with E-state index in [-0.39, 0.29) is 10.8 Å². The summed E-state index contributed by atoms with van der Waals surface area (Å²) in [5.74, 6) is 0. The fraction of sp³-hybridized carbons (Fsp3) is 0.143. The lowest BCUT2D eigenvalue weighted by atomic mass is 9.80. The maximum Gasteiger partial charge on any atom is 0.160 e. The van der Waals surface area contributed by atoms with E-state index in [0.717, 1.165) is 16.7 Å². The van der Waals surface area contributed by atoms with Gasteiger partial charge in [0.1, 0.15) is 5.58 Å². The van der Waals surface area contributed by atoms with Gasteiger partial charge in [0.05, 0.1) is 11.0 Å². The summed E-state index contributed by atoms with van der Waals surface area (Å²) in [4.78, 5) is 0. The third kappa shape index (κ3) is 2.74. The van der Waals surface area contributed by atoms with Crippen LogP contribution in [0.3, 0.4) is 0 Å². The first-order valence-corrected chi connectivity index (χ1v) is 15.6. The Kier molecular flexibility index (Phi) is 4.37. The van der Waals surface area contributed by atoms with Crippen molar-refractivity contribution in [3.05, 3.63) is 138 Å². The molecule has 2 heterocycles. The maximum atomic E-state index is 6.94. The second-order valence-electron chi connectivity index (χ2n) is 13.7. The Bertz CT molecular complexity index is 2550. The van der Waals surface area contributed by atoms with Gasteiger partial charge in [-0.3, -0.25) is 0 Å². The van der Waals surface area contributed by atoms with Gasteiger partial charge in [0.25, 0.3) is 0 Å². The van der Waals surface area contributed by atoms with Crippen molar-refractivity contribution in [3.8, 4) is 27.9 Å². The van der Waals surface area contributed by atoms with Crippen LogP contribution < -0.4 is 0 Å². The fourth-order valence-electron chi connectivity index (χ4n) is 8.79. The number of aromatic nitrogens is 1. The average Bonchev–Trinajstić information content (AvgIpc) is 3.72. The normalized spacial score (nSPS) is 15.6. The molecule has 10 rings (SSSR count). The molecule has 2 aliphatic carbocycles. The van der Waals surface area contributed by atoms with E-state index in [1.165, 1.54) is 77.3 Å². The topological polar surface area (TPSA) is 18.1 Å². The summed E-state index contributed by atoms with van der Waals surface area (Å²) in [5, 5.41) is 4.96. The lowest BCUT2D eigenvalue weighted by molar-refractivity contribution is 0.658. The van der Waals surface area contributed by atoms with Crippen molar-refractivity contribution in [2.75, 3.05) is 0 Å². The summed E-state index contributed by atoms with van der Waals surface area (Å²) < 4.78 is 9.41. The summed E-state index contributed by atoms with van der Waals surface area (Å²) in [5.41, 5.74) is 16.1. The summed E-state index contributed by atoms with van der Waals surface area (Å²) in [7, 11) is 0. The molecule has 0 saturated carbocycles. The number of benzene rings is 6. The van der Waals surface area contributed by atoms with Crippen LogP contribution in [0.15, 0.2) is 120 Å². The average molecular weight is 566 g/mol. The molecule has 8 aromatic rings. The predicted octanol–water partition coefficient (Wildman–Crippen LogP) is 11.3. The van der Waals surface area contributed by atoms with Crippen LogP contribution in [0.25, 0.3) is 71.7 Å². The van der Waals surface area contributed by atoms with Gasteiger partial charge in [-0.25, -0.2) is 0 Å². The molecule has 0 saturated heterocycles. The van der Waals surface area contributed by atoms with Crippen LogP contribution in [0, 0.1) is 0 Å². The van der Waals surface area contributed by atoms with E-state index in [9.17, 15) is 0 Å². The van der Waals surface area contributed by atoms with Gasteiger partial charge >= 0.3 is 0 Å². The molecular weight excluding hydrogens is 534 g/mol. The molecule has 0 aliphatic heterocycles. The van der Waals surface area contributed by atoms with Gasteiger partial charge in [-0.2, -0.15) is 0 Å². The van der Waals surface area contributed by atoms with Gasteiger partial charge in [-0.1, -0.05) is 119 Å². The molecule has 0 spiro atoms. The van der Waals surface area contributed by atoms with Crippen molar-refractivity contribution in [3.63, 3.8) is 0 Å². The maximum absolute atomic E-state index is 6.94. The largest absolute Gasteiger partial charge is 0.454 e. The quantitative estimate of drug-likeness (QED) is 0.194. The molecule has 0 atom stereocenters. The van der Waals surface area contributed by atoms with Gasteiger partial charge in [-0.05, 0) is 68.8 Å². The molecule has 210 valence electrons. The number of hydrogen-bond acceptors (Lipinski definition) is 1. The van der Waals surface area contributed by atoms with E-state index in [4.69, 9.17) is 4.42 Å². The van der Waals surface area contributed by atoms with Gasteiger partial charge in [-0.15, -0.1) is 0 Å². The van der Waals surface area contributed by atoms with Crippen LogP contribution in [0.4, 0.5) is 0 Å². The number of hydrogen-bond donors (Lipinski definition) is 0. The Labute approximate surface area is 256 Å². The van der Waals surface area contributed by atoms with Gasteiger partial charge in [0, 0.05) is 38.1 Å². The summed E-state index contributed by atoms with van der Waals surface area (Å²) >= 11 is 0. The molecule has 0 unspecified atom stereocenters. The molecule has 2 aromatic heterocycles. The van der Waals surface area contributed by atoms with Crippen LogP contribution >= 0.6 is 0 Å². The summed E-state index contributed by atoms with van der Waals surface area (Å²) in [6.07, 6.45) is 0. The summed E-state index contributed by atoms with van der Waals surface area (Å²) in [6.45, 7) is 9.47. The van der Waals surface area contributed by atoms with Crippen LogP contribution in [0.5, 0.6) is 0 Å². The van der Waals surface area contributed by atoms with Gasteiger partial charge < -0.3 is 8.98 Å². The minimum absolute atomic E-state index is 0.0837. The number of rotatable bonds is 1. The third-order valence-electron chi connectivity index (χ3n) is 10.8. The molecular formula is C42H31NO. The molecule has 0 N–H and O–H groups in total. The van der Waals surface area contributed by atoms with Crippen molar-refractivity contribution < 1.29 is 4.42 Å². The van der Waals surface area contributed by atoms with Crippen LogP contribution in [0.1, 0.15) is 49.9 Å². The number of nitrogens with zero attached hydrogens (tertiary/aromatic N) is 1. The summed E-state index contributed by atoms with van der Waals surface area (Å²) in [6, 6.07) is 42.4. The Morgan fingerprint density at radius 3 is 2.00 bits per heavy atom. The first-order valence-electron chi connectivity index (χ1n) is 15.6. The van der Waals surface area contributed by atoms with E-state index >= 15 is 0 Å². The predicted molar refractivity (Wildman–Crippen MR) is 183 cm³/mol. The monoisotopic (exact) mass is 565 g/mol. The molecule has 0 fully saturated rings.